The fourth-order valence-electron chi connectivity index (χ4n) is 2.83. The number of rotatable bonds is 7. The number of nitrogens with zero attached hydrogens (tertiary/aromatic N) is 4. The molecule has 0 radical (unpaired) electrons. The molecule has 144 valence electrons. The van der Waals surface area contributed by atoms with Crippen molar-refractivity contribution in [2.75, 3.05) is 19.7 Å². The summed E-state index contributed by atoms with van der Waals surface area (Å²) in [6.45, 7) is 1.36. The lowest BCUT2D eigenvalue weighted by Crippen LogP contribution is -2.52. The third kappa shape index (κ3) is 4.28. The maximum Gasteiger partial charge on any atom is 0.260 e. The predicted molar refractivity (Wildman–Crippen MR) is 98.3 cm³/mol. The highest BCUT2D eigenvalue weighted by molar-refractivity contribution is 5.78. The molecule has 0 spiro atoms. The normalized spacial score (nSPS) is 13.8. The average molecular weight is 382 g/mol. The lowest BCUT2D eigenvalue weighted by molar-refractivity contribution is -0.139. The molecule has 0 saturated carbocycles. The van der Waals surface area contributed by atoms with Crippen molar-refractivity contribution in [1.82, 2.24) is 19.9 Å². The fraction of sp³-hybridized carbons (Fsp3) is 0.250. The summed E-state index contributed by atoms with van der Waals surface area (Å²) >= 11 is 0. The van der Waals surface area contributed by atoms with Crippen molar-refractivity contribution in [3.05, 3.63) is 72.3 Å². The number of amides is 1. The van der Waals surface area contributed by atoms with Crippen molar-refractivity contribution in [2.24, 2.45) is 0 Å². The van der Waals surface area contributed by atoms with Gasteiger partial charge in [-0.1, -0.05) is 23.4 Å². The molecule has 4 rings (SSSR count). The lowest BCUT2D eigenvalue weighted by Gasteiger charge is -2.38. The summed E-state index contributed by atoms with van der Waals surface area (Å²) in [5, 5.41) is 8.24. The monoisotopic (exact) mass is 382 g/mol. The molecule has 2 heterocycles. The Hall–Kier alpha value is -3.42. The lowest BCUT2D eigenvalue weighted by atomic mass is 10.1. The second-order valence-corrected chi connectivity index (χ2v) is 6.49. The van der Waals surface area contributed by atoms with Crippen LogP contribution in [0.1, 0.15) is 11.7 Å². The Morgan fingerprint density at radius 1 is 1.04 bits per heavy atom. The molecule has 3 aromatic rings. The van der Waals surface area contributed by atoms with E-state index in [1.54, 1.807) is 9.58 Å². The van der Waals surface area contributed by atoms with Gasteiger partial charge in [-0.2, -0.15) is 0 Å². The third-order valence-electron chi connectivity index (χ3n) is 4.45. The van der Waals surface area contributed by atoms with Crippen LogP contribution in [0.3, 0.4) is 0 Å². The maximum atomic E-state index is 12.9. The Bertz CT molecular complexity index is 924. The van der Waals surface area contributed by atoms with Gasteiger partial charge in [0.2, 0.25) is 0 Å². The molecule has 0 aliphatic carbocycles. The number of carbonyl (C=O) groups excluding carboxylic acids is 1. The van der Waals surface area contributed by atoms with E-state index in [1.165, 1.54) is 24.3 Å². The number of ether oxygens (including phenoxy) is 2. The van der Waals surface area contributed by atoms with E-state index in [2.05, 4.69) is 10.3 Å². The second-order valence-electron chi connectivity index (χ2n) is 6.49. The average Bonchev–Trinajstić information content (AvgIpc) is 3.14. The van der Waals surface area contributed by atoms with E-state index in [-0.39, 0.29) is 24.4 Å². The summed E-state index contributed by atoms with van der Waals surface area (Å²) in [5.41, 5.74) is 0.730. The van der Waals surface area contributed by atoms with E-state index in [0.29, 0.717) is 25.4 Å². The van der Waals surface area contributed by atoms with E-state index in [4.69, 9.17) is 9.47 Å². The molecule has 0 unspecified atom stereocenters. The van der Waals surface area contributed by atoms with E-state index in [1.807, 2.05) is 36.5 Å². The minimum absolute atomic E-state index is 0.0775. The van der Waals surface area contributed by atoms with E-state index < -0.39 is 0 Å². The second kappa shape index (κ2) is 8.08. The minimum atomic E-state index is -0.342. The molecule has 28 heavy (non-hydrogen) atoms. The van der Waals surface area contributed by atoms with Crippen LogP contribution in [0.15, 0.2) is 60.8 Å². The molecule has 1 aliphatic heterocycles. The summed E-state index contributed by atoms with van der Waals surface area (Å²) < 4.78 is 25.7. The number of likely N-dealkylation sites (tertiary alicyclic amines) is 1. The molecular formula is C20H19FN4O3. The molecule has 7 nitrogen and oxygen atoms in total. The van der Waals surface area contributed by atoms with Crippen LogP contribution in [0.4, 0.5) is 4.39 Å². The summed E-state index contributed by atoms with van der Waals surface area (Å²) in [4.78, 5) is 13.9. The van der Waals surface area contributed by atoms with E-state index in [9.17, 15) is 9.18 Å². The van der Waals surface area contributed by atoms with Crippen LogP contribution in [-0.2, 0) is 11.4 Å². The molecule has 1 aromatic heterocycles. The Labute approximate surface area is 161 Å². The highest BCUT2D eigenvalue weighted by atomic mass is 19.1. The minimum Gasteiger partial charge on any atom is -0.487 e. The number of hydrogen-bond donors (Lipinski definition) is 0. The van der Waals surface area contributed by atoms with Crippen LogP contribution in [0.2, 0.25) is 0 Å². The van der Waals surface area contributed by atoms with Gasteiger partial charge in [-0.3, -0.25) is 4.79 Å². The number of hydrogen-bond acceptors (Lipinski definition) is 5. The summed E-state index contributed by atoms with van der Waals surface area (Å²) in [7, 11) is 0. The first-order valence-corrected chi connectivity index (χ1v) is 8.92. The van der Waals surface area contributed by atoms with E-state index >= 15 is 0 Å². The van der Waals surface area contributed by atoms with Crippen molar-refractivity contribution in [1.29, 1.82) is 0 Å². The fourth-order valence-corrected chi connectivity index (χ4v) is 2.83. The SMILES string of the molecule is O=C(COc1ccc(F)cc1)N1CC(n2cc(COc3ccccc3)nn2)C1. The Kier molecular flexibility index (Phi) is 5.18. The highest BCUT2D eigenvalue weighted by Gasteiger charge is 2.32. The number of benzene rings is 2. The van der Waals surface area contributed by atoms with Crippen LogP contribution in [0, 0.1) is 5.82 Å². The first-order chi connectivity index (χ1) is 13.7. The Balaban J connectivity index is 1.22. The maximum absolute atomic E-state index is 12.9. The summed E-state index contributed by atoms with van der Waals surface area (Å²) in [6, 6.07) is 15.2. The highest BCUT2D eigenvalue weighted by Crippen LogP contribution is 2.21. The van der Waals surface area contributed by atoms with Crippen molar-refractivity contribution >= 4 is 5.91 Å². The molecule has 0 bridgehead atoms. The molecule has 8 heteroatoms. The number of halogens is 1. The van der Waals surface area contributed by atoms with Crippen molar-refractivity contribution < 1.29 is 18.7 Å². The smallest absolute Gasteiger partial charge is 0.260 e. The van der Waals surface area contributed by atoms with Gasteiger partial charge in [-0.15, -0.1) is 5.10 Å². The van der Waals surface area contributed by atoms with Gasteiger partial charge in [0.1, 0.15) is 29.6 Å². The van der Waals surface area contributed by atoms with Gasteiger partial charge in [0.15, 0.2) is 6.61 Å². The largest absolute Gasteiger partial charge is 0.487 e. The number of aromatic nitrogens is 3. The van der Waals surface area contributed by atoms with Crippen molar-refractivity contribution in [3.8, 4) is 11.5 Å². The third-order valence-corrected chi connectivity index (χ3v) is 4.45. The van der Waals surface area contributed by atoms with Crippen LogP contribution in [0.25, 0.3) is 0 Å². The Morgan fingerprint density at radius 3 is 2.50 bits per heavy atom. The van der Waals surface area contributed by atoms with Crippen LogP contribution in [-0.4, -0.2) is 45.5 Å². The van der Waals surface area contributed by atoms with Crippen LogP contribution < -0.4 is 9.47 Å². The molecule has 1 saturated heterocycles. The zero-order chi connectivity index (χ0) is 19.3. The number of para-hydroxylation sites is 1. The molecule has 0 N–H and O–H groups in total. The zero-order valence-corrected chi connectivity index (χ0v) is 15.1. The van der Waals surface area contributed by atoms with Gasteiger partial charge in [-0.25, -0.2) is 9.07 Å². The first kappa shape index (κ1) is 18.0. The molecular weight excluding hydrogens is 363 g/mol. The van der Waals surface area contributed by atoms with Gasteiger partial charge in [-0.05, 0) is 36.4 Å². The molecule has 1 fully saturated rings. The molecule has 1 aliphatic rings. The quantitative estimate of drug-likeness (QED) is 0.628. The zero-order valence-electron chi connectivity index (χ0n) is 15.1. The van der Waals surface area contributed by atoms with Gasteiger partial charge in [0, 0.05) is 13.1 Å². The topological polar surface area (TPSA) is 69.5 Å². The molecule has 1 amide bonds. The standard InChI is InChI=1S/C20H19FN4O3/c21-15-6-8-19(9-7-15)28-14-20(26)24-11-17(12-24)25-10-16(22-23-25)13-27-18-4-2-1-3-5-18/h1-10,17H,11-14H2. The molecule has 0 atom stereocenters. The molecule has 2 aromatic carbocycles. The van der Waals surface area contributed by atoms with Crippen LogP contribution in [0.5, 0.6) is 11.5 Å². The van der Waals surface area contributed by atoms with Crippen LogP contribution >= 0.6 is 0 Å². The van der Waals surface area contributed by atoms with Crippen molar-refractivity contribution in [2.45, 2.75) is 12.6 Å². The summed E-state index contributed by atoms with van der Waals surface area (Å²) in [6.07, 6.45) is 1.84. The summed E-state index contributed by atoms with van der Waals surface area (Å²) in [5.74, 6) is 0.781. The van der Waals surface area contributed by atoms with E-state index in [0.717, 1.165) is 11.4 Å². The Morgan fingerprint density at radius 2 is 1.75 bits per heavy atom. The number of carbonyl (C=O) groups is 1. The predicted octanol–water partition coefficient (Wildman–Crippen LogP) is 2.46. The van der Waals surface area contributed by atoms with Gasteiger partial charge >= 0.3 is 0 Å². The first-order valence-electron chi connectivity index (χ1n) is 8.92. The van der Waals surface area contributed by atoms with Gasteiger partial charge < -0.3 is 14.4 Å². The van der Waals surface area contributed by atoms with Gasteiger partial charge in [0.25, 0.3) is 5.91 Å². The van der Waals surface area contributed by atoms with Crippen molar-refractivity contribution in [3.63, 3.8) is 0 Å². The van der Waals surface area contributed by atoms with Gasteiger partial charge in [0.05, 0.1) is 12.2 Å².